The van der Waals surface area contributed by atoms with Gasteiger partial charge in [-0.3, -0.25) is 14.3 Å². The molecular weight excluding hydrogens is 582 g/mol. The normalized spacial score (nSPS) is 13.5. The molecule has 0 atom stereocenters. The average molecular weight is 613 g/mol. The van der Waals surface area contributed by atoms with E-state index in [9.17, 15) is 14.0 Å². The summed E-state index contributed by atoms with van der Waals surface area (Å²) in [6.07, 6.45) is 2.68. The van der Waals surface area contributed by atoms with Gasteiger partial charge in [0.1, 0.15) is 40.6 Å². The largest absolute Gasteiger partial charge is 0.490 e. The standard InChI is InChI=1S/C33H30F2N6O4/c1-19-29(33(43)41(40(19)2)23-6-4-3-5-7-23)32(42)38-22-8-9-26(27(35)17-22)30-31(36)37-18-28(39-30)20-14-21(34)16-25(15-20)45-24-10-12-44-13-11-24/h3-9,14-18,24H,10-13H2,1-2H3,(H2,36,37)(H,38,42). The van der Waals surface area contributed by atoms with Crippen LogP contribution in [0.4, 0.5) is 20.3 Å². The minimum absolute atomic E-state index is 0.0252. The topological polar surface area (TPSA) is 126 Å². The molecule has 0 aliphatic carbocycles. The summed E-state index contributed by atoms with van der Waals surface area (Å²) in [5.41, 5.74) is 7.40. The predicted molar refractivity (Wildman–Crippen MR) is 165 cm³/mol. The molecule has 1 aliphatic heterocycles. The molecule has 0 saturated carbocycles. The van der Waals surface area contributed by atoms with Gasteiger partial charge in [-0.15, -0.1) is 0 Å². The van der Waals surface area contributed by atoms with Gasteiger partial charge in [0, 0.05) is 42.8 Å². The number of aromatic nitrogens is 4. The summed E-state index contributed by atoms with van der Waals surface area (Å²) in [6, 6.07) is 17.1. The first-order chi connectivity index (χ1) is 21.7. The van der Waals surface area contributed by atoms with E-state index in [1.807, 2.05) is 6.07 Å². The van der Waals surface area contributed by atoms with Crippen molar-refractivity contribution in [1.29, 1.82) is 0 Å². The highest BCUT2D eigenvalue weighted by Gasteiger charge is 2.23. The maximum Gasteiger partial charge on any atom is 0.284 e. The second-order valence-electron chi connectivity index (χ2n) is 10.7. The maximum absolute atomic E-state index is 15.5. The van der Waals surface area contributed by atoms with Gasteiger partial charge >= 0.3 is 0 Å². The Bertz CT molecular complexity index is 1950. The first kappa shape index (κ1) is 29.7. The molecule has 0 spiro atoms. The van der Waals surface area contributed by atoms with Crippen molar-refractivity contribution in [3.05, 3.63) is 106 Å². The third kappa shape index (κ3) is 6.04. The SMILES string of the molecule is Cc1c(C(=O)Nc2ccc(-c3nc(-c4cc(F)cc(OC5CCOCC5)c4)cnc3N)c(F)c2)c(=O)n(-c2ccccc2)n1C. The Labute approximate surface area is 257 Å². The lowest BCUT2D eigenvalue weighted by Crippen LogP contribution is -2.25. The number of halogens is 2. The van der Waals surface area contributed by atoms with Gasteiger partial charge in [-0.1, -0.05) is 18.2 Å². The Kier molecular flexibility index (Phi) is 8.14. The van der Waals surface area contributed by atoms with Gasteiger partial charge in [-0.05, 0) is 49.4 Å². The van der Waals surface area contributed by atoms with Crippen molar-refractivity contribution in [3.63, 3.8) is 0 Å². The number of nitrogens with one attached hydrogen (secondary N) is 1. The van der Waals surface area contributed by atoms with Gasteiger partial charge in [-0.2, -0.15) is 0 Å². The van der Waals surface area contributed by atoms with E-state index < -0.39 is 23.1 Å². The van der Waals surface area contributed by atoms with Crippen LogP contribution in [0.15, 0.2) is 77.7 Å². The molecule has 6 rings (SSSR count). The lowest BCUT2D eigenvalue weighted by atomic mass is 10.1. The number of benzene rings is 3. The fourth-order valence-electron chi connectivity index (χ4n) is 5.31. The number of amides is 1. The second-order valence-corrected chi connectivity index (χ2v) is 10.7. The lowest BCUT2D eigenvalue weighted by molar-refractivity contribution is 0.0255. The molecule has 1 amide bonds. The molecule has 1 saturated heterocycles. The van der Waals surface area contributed by atoms with Crippen molar-refractivity contribution < 1.29 is 23.0 Å². The Morgan fingerprint density at radius 1 is 1.07 bits per heavy atom. The van der Waals surface area contributed by atoms with Gasteiger partial charge in [0.15, 0.2) is 0 Å². The third-order valence-electron chi connectivity index (χ3n) is 7.70. The average Bonchev–Trinajstić information content (AvgIpc) is 3.25. The number of nitrogens with two attached hydrogens (primary N) is 1. The number of ether oxygens (including phenoxy) is 2. The van der Waals surface area contributed by atoms with E-state index in [0.717, 1.165) is 6.07 Å². The van der Waals surface area contributed by atoms with Crippen LogP contribution in [0.1, 0.15) is 28.9 Å². The van der Waals surface area contributed by atoms with Crippen molar-refractivity contribution in [2.45, 2.75) is 25.9 Å². The fourth-order valence-corrected chi connectivity index (χ4v) is 5.31. The van der Waals surface area contributed by atoms with Gasteiger partial charge < -0.3 is 20.5 Å². The van der Waals surface area contributed by atoms with Gasteiger partial charge in [0.05, 0.1) is 36.5 Å². The Morgan fingerprint density at radius 3 is 2.56 bits per heavy atom. The minimum atomic E-state index is -0.736. The molecular formula is C33H30F2N6O4. The molecule has 230 valence electrons. The fraction of sp³-hybridized carbons (Fsp3) is 0.212. The number of hydrogen-bond acceptors (Lipinski definition) is 7. The highest BCUT2D eigenvalue weighted by Crippen LogP contribution is 2.32. The van der Waals surface area contributed by atoms with Crippen molar-refractivity contribution in [2.75, 3.05) is 24.3 Å². The van der Waals surface area contributed by atoms with Crippen molar-refractivity contribution in [3.8, 4) is 34.0 Å². The monoisotopic (exact) mass is 612 g/mol. The molecule has 0 radical (unpaired) electrons. The van der Waals surface area contributed by atoms with Crippen LogP contribution in [-0.4, -0.2) is 44.6 Å². The first-order valence-electron chi connectivity index (χ1n) is 14.3. The lowest BCUT2D eigenvalue weighted by Gasteiger charge is -2.23. The molecule has 0 bridgehead atoms. The third-order valence-corrected chi connectivity index (χ3v) is 7.70. The summed E-state index contributed by atoms with van der Waals surface area (Å²) in [7, 11) is 1.68. The van der Waals surface area contributed by atoms with Crippen LogP contribution in [0.3, 0.4) is 0 Å². The molecule has 3 N–H and O–H groups in total. The molecule has 12 heteroatoms. The number of carbonyl (C=O) groups is 1. The molecule has 3 aromatic carbocycles. The summed E-state index contributed by atoms with van der Waals surface area (Å²) in [4.78, 5) is 35.1. The zero-order valence-electron chi connectivity index (χ0n) is 24.6. The van der Waals surface area contributed by atoms with Crippen LogP contribution in [0.5, 0.6) is 5.75 Å². The number of carbonyl (C=O) groups excluding carboxylic acids is 1. The van der Waals surface area contributed by atoms with Crippen LogP contribution in [0, 0.1) is 18.6 Å². The van der Waals surface area contributed by atoms with E-state index in [1.165, 1.54) is 35.1 Å². The summed E-state index contributed by atoms with van der Waals surface area (Å²) in [5, 5.41) is 2.61. The first-order valence-corrected chi connectivity index (χ1v) is 14.3. The number of nitrogen functional groups attached to an aromatic ring is 1. The maximum atomic E-state index is 15.5. The van der Waals surface area contributed by atoms with Crippen molar-refractivity contribution >= 4 is 17.4 Å². The van der Waals surface area contributed by atoms with Crippen LogP contribution >= 0.6 is 0 Å². The summed E-state index contributed by atoms with van der Waals surface area (Å²) in [5.74, 6) is -1.63. The Morgan fingerprint density at radius 2 is 1.82 bits per heavy atom. The minimum Gasteiger partial charge on any atom is -0.490 e. The summed E-state index contributed by atoms with van der Waals surface area (Å²) in [6.45, 7) is 2.81. The van der Waals surface area contributed by atoms with Crippen molar-refractivity contribution in [1.82, 2.24) is 19.3 Å². The van der Waals surface area contributed by atoms with E-state index >= 15 is 4.39 Å². The van der Waals surface area contributed by atoms with Crippen LogP contribution in [0.2, 0.25) is 0 Å². The molecule has 1 fully saturated rings. The van der Waals surface area contributed by atoms with Gasteiger partial charge in [0.2, 0.25) is 0 Å². The van der Waals surface area contributed by atoms with Crippen LogP contribution < -0.4 is 21.3 Å². The predicted octanol–water partition coefficient (Wildman–Crippen LogP) is 5.28. The molecule has 1 aliphatic rings. The molecule has 10 nitrogen and oxygen atoms in total. The van der Waals surface area contributed by atoms with Gasteiger partial charge in [-0.25, -0.2) is 23.4 Å². The van der Waals surface area contributed by atoms with E-state index in [-0.39, 0.29) is 40.1 Å². The second kappa shape index (κ2) is 12.3. The quantitative estimate of drug-likeness (QED) is 0.256. The summed E-state index contributed by atoms with van der Waals surface area (Å²) < 4.78 is 44.4. The van der Waals surface area contributed by atoms with E-state index in [1.54, 1.807) is 49.0 Å². The number of para-hydroxylation sites is 1. The highest BCUT2D eigenvalue weighted by molar-refractivity contribution is 6.05. The summed E-state index contributed by atoms with van der Waals surface area (Å²) >= 11 is 0. The molecule has 3 heterocycles. The van der Waals surface area contributed by atoms with E-state index in [0.29, 0.717) is 48.7 Å². The zero-order chi connectivity index (χ0) is 31.7. The number of rotatable bonds is 7. The molecule has 45 heavy (non-hydrogen) atoms. The Balaban J connectivity index is 1.26. The molecule has 0 unspecified atom stereocenters. The molecule has 2 aromatic heterocycles. The Hall–Kier alpha value is -5.36. The van der Waals surface area contributed by atoms with E-state index in [2.05, 4.69) is 15.3 Å². The number of hydrogen-bond donors (Lipinski definition) is 2. The number of nitrogens with zero attached hydrogens (tertiary/aromatic N) is 4. The highest BCUT2D eigenvalue weighted by atomic mass is 19.1. The van der Waals surface area contributed by atoms with Gasteiger partial charge in [0.25, 0.3) is 11.5 Å². The number of anilines is 2. The van der Waals surface area contributed by atoms with E-state index in [4.69, 9.17) is 15.2 Å². The molecule has 5 aromatic rings. The van der Waals surface area contributed by atoms with Crippen molar-refractivity contribution in [2.24, 2.45) is 7.05 Å². The smallest absolute Gasteiger partial charge is 0.284 e. The zero-order valence-corrected chi connectivity index (χ0v) is 24.6. The van der Waals surface area contributed by atoms with Crippen LogP contribution in [0.25, 0.3) is 28.2 Å². The van der Waals surface area contributed by atoms with Crippen LogP contribution in [-0.2, 0) is 11.8 Å².